The summed E-state index contributed by atoms with van der Waals surface area (Å²) in [5, 5.41) is 3.03. The molecule has 1 spiro atoms. The average Bonchev–Trinajstić information content (AvgIpc) is 3.11. The number of anilines is 2. The fourth-order valence-electron chi connectivity index (χ4n) is 5.82. The number of alkyl halides is 2. The summed E-state index contributed by atoms with van der Waals surface area (Å²) in [5.41, 5.74) is 5.01. The van der Waals surface area contributed by atoms with E-state index in [0.717, 1.165) is 73.8 Å². The highest BCUT2D eigenvalue weighted by molar-refractivity contribution is 8.02. The van der Waals surface area contributed by atoms with Crippen LogP contribution in [0.2, 0.25) is 0 Å². The number of pyridine rings is 1. The molecule has 2 aromatic rings. The number of halogens is 2. The second kappa shape index (κ2) is 8.34. The molecule has 6 nitrogen and oxygen atoms in total. The first-order chi connectivity index (χ1) is 16.7. The molecule has 1 aliphatic carbocycles. The maximum absolute atomic E-state index is 13.5. The van der Waals surface area contributed by atoms with Crippen molar-refractivity contribution in [3.8, 4) is 11.3 Å². The molecule has 2 saturated heterocycles. The van der Waals surface area contributed by atoms with Crippen molar-refractivity contribution in [2.24, 2.45) is 11.3 Å². The number of likely N-dealkylation sites (tertiary alicyclic amines) is 1. The molecular weight excluding hydrogens is 468 g/mol. The van der Waals surface area contributed by atoms with Crippen molar-refractivity contribution in [3.63, 3.8) is 0 Å². The molecule has 186 valence electrons. The fraction of sp³-hybridized carbons (Fsp3) is 0.538. The predicted molar refractivity (Wildman–Crippen MR) is 135 cm³/mol. The number of benzene rings is 1. The van der Waals surface area contributed by atoms with Crippen molar-refractivity contribution in [1.29, 1.82) is 0 Å². The topological polar surface area (TPSA) is 51.7 Å². The third kappa shape index (κ3) is 4.16. The van der Waals surface area contributed by atoms with E-state index in [9.17, 15) is 13.6 Å². The summed E-state index contributed by atoms with van der Waals surface area (Å²) >= 11 is 1.44. The summed E-state index contributed by atoms with van der Waals surface area (Å²) in [6.45, 7) is 5.85. The molecule has 2 unspecified atom stereocenters. The lowest BCUT2D eigenvalue weighted by Crippen LogP contribution is -2.46. The monoisotopic (exact) mass is 499 g/mol. The number of aryl methyl sites for hydroxylation is 1. The Hall–Kier alpha value is -2.39. The largest absolute Gasteiger partial charge is 0.356 e. The maximum atomic E-state index is 13.5. The molecule has 3 fully saturated rings. The molecule has 4 heterocycles. The highest BCUT2D eigenvalue weighted by Crippen LogP contribution is 2.52. The first kappa shape index (κ1) is 23.0. The quantitative estimate of drug-likeness (QED) is 0.606. The standard InChI is InChI=1S/C26H31F2N5OS/c1-17-4-5-18(14-32-11-3-8-25(16-32)9-10-29-24(25)34)12-20(17)21-6-7-22-23(30-21)31(2)35-33(22)15-19-13-26(19,27)28/h4-7,12,19H,3,8-11,13-16H2,1-2H3,(H,29,34). The first-order valence-corrected chi connectivity index (χ1v) is 13.2. The van der Waals surface area contributed by atoms with Gasteiger partial charge in [-0.1, -0.05) is 12.1 Å². The molecule has 1 N–H and O–H groups in total. The van der Waals surface area contributed by atoms with Gasteiger partial charge >= 0.3 is 0 Å². The summed E-state index contributed by atoms with van der Waals surface area (Å²) in [6, 6.07) is 10.5. The van der Waals surface area contributed by atoms with Gasteiger partial charge in [-0.15, -0.1) is 0 Å². The van der Waals surface area contributed by atoms with Crippen LogP contribution in [0.15, 0.2) is 30.3 Å². The number of rotatable bonds is 5. The van der Waals surface area contributed by atoms with Crippen LogP contribution in [0.4, 0.5) is 20.3 Å². The van der Waals surface area contributed by atoms with Gasteiger partial charge in [0.2, 0.25) is 5.91 Å². The van der Waals surface area contributed by atoms with E-state index < -0.39 is 11.8 Å². The summed E-state index contributed by atoms with van der Waals surface area (Å²) < 4.78 is 30.8. The van der Waals surface area contributed by atoms with Gasteiger partial charge in [0.05, 0.1) is 28.9 Å². The fourth-order valence-corrected chi connectivity index (χ4v) is 6.80. The minimum Gasteiger partial charge on any atom is -0.356 e. The zero-order valence-corrected chi connectivity index (χ0v) is 21.0. The van der Waals surface area contributed by atoms with Gasteiger partial charge < -0.3 is 5.32 Å². The first-order valence-electron chi connectivity index (χ1n) is 12.4. The van der Waals surface area contributed by atoms with Crippen LogP contribution in [0.25, 0.3) is 11.3 Å². The number of hydrogen-bond acceptors (Lipinski definition) is 6. The van der Waals surface area contributed by atoms with Crippen LogP contribution >= 0.6 is 12.1 Å². The number of nitrogens with one attached hydrogen (secondary N) is 1. The van der Waals surface area contributed by atoms with Crippen LogP contribution in [-0.2, 0) is 11.3 Å². The summed E-state index contributed by atoms with van der Waals surface area (Å²) in [5.74, 6) is -2.07. The minimum atomic E-state index is -2.53. The Morgan fingerprint density at radius 1 is 1.23 bits per heavy atom. The molecule has 1 aromatic heterocycles. The third-order valence-corrected chi connectivity index (χ3v) is 8.96. The SMILES string of the molecule is Cc1ccc(CN2CCCC3(CCNC3=O)C2)cc1-c1ccc2c(n1)N(C)SN2CC1CC1(F)F. The van der Waals surface area contributed by atoms with Crippen molar-refractivity contribution in [3.05, 3.63) is 41.5 Å². The summed E-state index contributed by atoms with van der Waals surface area (Å²) in [4.78, 5) is 19.8. The van der Waals surface area contributed by atoms with Crippen LogP contribution in [0.3, 0.4) is 0 Å². The van der Waals surface area contributed by atoms with Gasteiger partial charge in [0.15, 0.2) is 5.82 Å². The van der Waals surface area contributed by atoms with Gasteiger partial charge in [-0.25, -0.2) is 13.8 Å². The van der Waals surface area contributed by atoms with Crippen LogP contribution in [0.1, 0.15) is 36.8 Å². The Bertz CT molecular complexity index is 1180. The van der Waals surface area contributed by atoms with E-state index >= 15 is 0 Å². The van der Waals surface area contributed by atoms with E-state index in [1.807, 2.05) is 27.8 Å². The number of hydrogen-bond donors (Lipinski definition) is 1. The van der Waals surface area contributed by atoms with Crippen molar-refractivity contribution in [2.75, 3.05) is 41.8 Å². The molecular formula is C26H31F2N5OS. The molecule has 1 aromatic carbocycles. The van der Waals surface area contributed by atoms with E-state index in [0.29, 0.717) is 6.54 Å². The number of amides is 1. The lowest BCUT2D eigenvalue weighted by molar-refractivity contribution is -0.130. The Kier molecular flexibility index (Phi) is 5.49. The molecule has 0 bridgehead atoms. The number of carbonyl (C=O) groups is 1. The molecule has 4 aliphatic rings. The number of nitrogens with zero attached hydrogens (tertiary/aromatic N) is 4. The highest BCUT2D eigenvalue weighted by Gasteiger charge is 2.57. The smallest absolute Gasteiger partial charge is 0.253 e. The lowest BCUT2D eigenvalue weighted by Gasteiger charge is -2.38. The molecule has 6 rings (SSSR count). The third-order valence-electron chi connectivity index (χ3n) is 8.00. The minimum absolute atomic E-state index is 0.0244. The van der Waals surface area contributed by atoms with Gasteiger partial charge in [0.25, 0.3) is 5.92 Å². The average molecular weight is 500 g/mol. The van der Waals surface area contributed by atoms with E-state index in [4.69, 9.17) is 4.98 Å². The summed E-state index contributed by atoms with van der Waals surface area (Å²) in [7, 11) is 1.93. The number of aromatic nitrogens is 1. The normalized spacial score (nSPS) is 27.4. The Balaban J connectivity index is 1.21. The number of piperidine rings is 1. The van der Waals surface area contributed by atoms with E-state index in [1.54, 1.807) is 0 Å². The van der Waals surface area contributed by atoms with Crippen LogP contribution in [0, 0.1) is 18.3 Å². The van der Waals surface area contributed by atoms with Gasteiger partial charge in [-0.3, -0.25) is 18.3 Å². The molecule has 1 amide bonds. The zero-order valence-electron chi connectivity index (χ0n) is 20.2. The van der Waals surface area contributed by atoms with E-state index in [1.165, 1.54) is 17.7 Å². The van der Waals surface area contributed by atoms with E-state index in [-0.39, 0.29) is 17.7 Å². The lowest BCUT2D eigenvalue weighted by atomic mass is 9.78. The maximum Gasteiger partial charge on any atom is 0.253 e. The van der Waals surface area contributed by atoms with Crippen molar-refractivity contribution < 1.29 is 13.6 Å². The molecule has 3 aliphatic heterocycles. The number of fused-ring (bicyclic) bond motifs is 1. The molecule has 35 heavy (non-hydrogen) atoms. The van der Waals surface area contributed by atoms with Crippen molar-refractivity contribution in [2.45, 2.75) is 45.1 Å². The molecule has 0 radical (unpaired) electrons. The molecule has 1 saturated carbocycles. The van der Waals surface area contributed by atoms with Crippen LogP contribution in [-0.4, -0.2) is 54.9 Å². The molecule has 9 heteroatoms. The van der Waals surface area contributed by atoms with Gasteiger partial charge in [-0.05, 0) is 62.1 Å². The van der Waals surface area contributed by atoms with Crippen LogP contribution < -0.4 is 13.9 Å². The molecule has 2 atom stereocenters. The van der Waals surface area contributed by atoms with Crippen molar-refractivity contribution >= 4 is 29.5 Å². The summed E-state index contributed by atoms with van der Waals surface area (Å²) in [6.07, 6.45) is 2.94. The van der Waals surface area contributed by atoms with Gasteiger partial charge in [0.1, 0.15) is 0 Å². The Morgan fingerprint density at radius 3 is 2.80 bits per heavy atom. The zero-order chi connectivity index (χ0) is 24.4. The number of carbonyl (C=O) groups excluding carboxylic acids is 1. The van der Waals surface area contributed by atoms with Crippen molar-refractivity contribution in [1.82, 2.24) is 15.2 Å². The van der Waals surface area contributed by atoms with E-state index in [2.05, 4.69) is 35.3 Å². The Labute approximate surface area is 209 Å². The van der Waals surface area contributed by atoms with Gasteiger partial charge in [0, 0.05) is 51.1 Å². The highest BCUT2D eigenvalue weighted by atomic mass is 32.2. The van der Waals surface area contributed by atoms with Gasteiger partial charge in [-0.2, -0.15) is 0 Å². The Morgan fingerprint density at radius 2 is 2.06 bits per heavy atom. The second-order valence-electron chi connectivity index (χ2n) is 10.6. The van der Waals surface area contributed by atoms with Crippen LogP contribution in [0.5, 0.6) is 0 Å². The second-order valence-corrected chi connectivity index (χ2v) is 11.7. The predicted octanol–water partition coefficient (Wildman–Crippen LogP) is 4.63.